The van der Waals surface area contributed by atoms with Gasteiger partial charge in [0.25, 0.3) is 10.0 Å². The van der Waals surface area contributed by atoms with Crippen molar-refractivity contribution in [1.82, 2.24) is 14.3 Å². The minimum atomic E-state index is -4.03. The molecule has 0 unspecified atom stereocenters. The van der Waals surface area contributed by atoms with Crippen LogP contribution in [-0.2, 0) is 19.6 Å². The summed E-state index contributed by atoms with van der Waals surface area (Å²) >= 11 is 0. The Balaban J connectivity index is 3.04. The fraction of sp³-hybridized carbons (Fsp3) is 0.286. The first-order valence-electron chi connectivity index (χ1n) is 4.39. The number of carbonyl (C=O) groups excluding carboxylic acids is 2. The number of amides is 2. The number of hydrogen-bond donors (Lipinski definition) is 3. The second-order valence-corrected chi connectivity index (χ2v) is 5.03. The third-order valence-corrected chi connectivity index (χ3v) is 3.47. The molecule has 1 heterocycles. The lowest BCUT2D eigenvalue weighted by atomic mass is 10.5. The van der Waals surface area contributed by atoms with Crippen LogP contribution < -0.4 is 11.5 Å². The maximum atomic E-state index is 11.9. The number of sulfonamides is 1. The average Bonchev–Trinajstić information content (AvgIpc) is 2.68. The van der Waals surface area contributed by atoms with Crippen LogP contribution in [0.4, 0.5) is 0 Å². The maximum Gasteiger partial charge on any atom is 0.261 e. The van der Waals surface area contributed by atoms with Gasteiger partial charge in [0.05, 0.1) is 25.6 Å². The van der Waals surface area contributed by atoms with E-state index < -0.39 is 34.9 Å². The zero-order valence-corrected chi connectivity index (χ0v) is 9.48. The summed E-state index contributed by atoms with van der Waals surface area (Å²) < 4.78 is 24.4. The number of rotatable bonds is 6. The number of hydrogen-bond acceptors (Lipinski definition) is 5. The highest BCUT2D eigenvalue weighted by Crippen LogP contribution is 2.10. The number of nitrogens with zero attached hydrogens (tertiary/aromatic N) is 2. The van der Waals surface area contributed by atoms with E-state index in [1.807, 2.05) is 0 Å². The van der Waals surface area contributed by atoms with Crippen LogP contribution in [0, 0.1) is 0 Å². The van der Waals surface area contributed by atoms with E-state index >= 15 is 0 Å². The molecule has 17 heavy (non-hydrogen) atoms. The summed E-state index contributed by atoms with van der Waals surface area (Å²) in [5.41, 5.74) is 9.79. The standard InChI is InChI=1S/C7H11N5O4S/c8-5(13)2-12(3-6(9)14)17(15,16)7-1-10-4-11-7/h1,4H,2-3H2,(H2,8,13)(H2,9,14)(H,10,11). The molecule has 0 aliphatic rings. The van der Waals surface area contributed by atoms with Gasteiger partial charge in [-0.25, -0.2) is 13.4 Å². The molecule has 0 radical (unpaired) electrons. The van der Waals surface area contributed by atoms with Gasteiger partial charge in [-0.1, -0.05) is 0 Å². The van der Waals surface area contributed by atoms with Crippen molar-refractivity contribution in [3.05, 3.63) is 12.5 Å². The molecule has 0 aliphatic carbocycles. The normalized spacial score (nSPS) is 11.6. The molecule has 0 fully saturated rings. The van der Waals surface area contributed by atoms with Crippen molar-refractivity contribution in [3.63, 3.8) is 0 Å². The van der Waals surface area contributed by atoms with Gasteiger partial charge in [-0.2, -0.15) is 4.31 Å². The Morgan fingerprint density at radius 3 is 2.18 bits per heavy atom. The largest absolute Gasteiger partial charge is 0.369 e. The minimum absolute atomic E-state index is 0.250. The lowest BCUT2D eigenvalue weighted by molar-refractivity contribution is -0.120. The third-order valence-electron chi connectivity index (χ3n) is 1.76. The number of carbonyl (C=O) groups is 2. The Kier molecular flexibility index (Phi) is 3.81. The van der Waals surface area contributed by atoms with Crippen molar-refractivity contribution in [2.24, 2.45) is 11.5 Å². The number of primary amides is 2. The molecule has 0 bridgehead atoms. The van der Waals surface area contributed by atoms with Crippen LogP contribution in [0.25, 0.3) is 0 Å². The lowest BCUT2D eigenvalue weighted by Gasteiger charge is -2.17. The van der Waals surface area contributed by atoms with Crippen molar-refractivity contribution in [2.75, 3.05) is 13.1 Å². The summed E-state index contributed by atoms with van der Waals surface area (Å²) in [7, 11) is -4.03. The first-order valence-corrected chi connectivity index (χ1v) is 5.83. The van der Waals surface area contributed by atoms with Crippen LogP contribution in [0.2, 0.25) is 0 Å². The van der Waals surface area contributed by atoms with E-state index in [1.165, 1.54) is 0 Å². The molecule has 0 aliphatic heterocycles. The van der Waals surface area contributed by atoms with Gasteiger partial charge in [-0.05, 0) is 0 Å². The Hall–Kier alpha value is -1.94. The summed E-state index contributed by atoms with van der Waals surface area (Å²) in [5.74, 6) is -1.79. The summed E-state index contributed by atoms with van der Waals surface area (Å²) in [4.78, 5) is 27.4. The molecule has 1 aromatic heterocycles. The fourth-order valence-corrected chi connectivity index (χ4v) is 2.37. The molecular formula is C7H11N5O4S. The molecule has 0 saturated heterocycles. The highest BCUT2D eigenvalue weighted by atomic mass is 32.2. The summed E-state index contributed by atoms with van der Waals surface area (Å²) in [6, 6.07) is 0. The second-order valence-electron chi connectivity index (χ2n) is 3.12. The van der Waals surface area contributed by atoms with Crippen molar-refractivity contribution < 1.29 is 18.0 Å². The van der Waals surface area contributed by atoms with Crippen LogP contribution in [-0.4, -0.2) is 47.6 Å². The number of aromatic amines is 1. The molecule has 0 aromatic carbocycles. The molecule has 2 amide bonds. The molecule has 9 nitrogen and oxygen atoms in total. The van der Waals surface area contributed by atoms with E-state index in [0.717, 1.165) is 12.5 Å². The van der Waals surface area contributed by atoms with Gasteiger partial charge in [0.2, 0.25) is 11.8 Å². The Labute approximate surface area is 96.8 Å². The first-order chi connectivity index (χ1) is 7.84. The monoisotopic (exact) mass is 261 g/mol. The SMILES string of the molecule is NC(=O)CN(CC(N)=O)S(=O)(=O)c1cnc[nH]1. The molecule has 94 valence electrons. The number of aromatic nitrogens is 2. The maximum absolute atomic E-state index is 11.9. The number of H-pyrrole nitrogens is 1. The minimum Gasteiger partial charge on any atom is -0.369 e. The molecule has 10 heteroatoms. The third kappa shape index (κ3) is 3.26. The van der Waals surface area contributed by atoms with Crippen LogP contribution in [0.15, 0.2) is 17.6 Å². The fourth-order valence-electron chi connectivity index (χ4n) is 1.10. The topological polar surface area (TPSA) is 152 Å². The van der Waals surface area contributed by atoms with Crippen molar-refractivity contribution in [1.29, 1.82) is 0 Å². The molecule has 5 N–H and O–H groups in total. The molecule has 0 saturated carbocycles. The van der Waals surface area contributed by atoms with E-state index in [4.69, 9.17) is 11.5 Å². The molecule has 0 spiro atoms. The average molecular weight is 261 g/mol. The zero-order chi connectivity index (χ0) is 13.1. The van der Waals surface area contributed by atoms with Crippen LogP contribution in [0.5, 0.6) is 0 Å². The summed E-state index contributed by atoms with van der Waals surface area (Å²) in [5, 5.41) is -0.250. The number of imidazole rings is 1. The van der Waals surface area contributed by atoms with E-state index in [9.17, 15) is 18.0 Å². The van der Waals surface area contributed by atoms with Gasteiger partial charge in [-0.15, -0.1) is 0 Å². The Morgan fingerprint density at radius 1 is 1.29 bits per heavy atom. The highest BCUT2D eigenvalue weighted by molar-refractivity contribution is 7.89. The van der Waals surface area contributed by atoms with Crippen LogP contribution in [0.3, 0.4) is 0 Å². The van der Waals surface area contributed by atoms with Gasteiger partial charge < -0.3 is 16.5 Å². The first kappa shape index (κ1) is 13.1. The van der Waals surface area contributed by atoms with Crippen LogP contribution in [0.1, 0.15) is 0 Å². The quantitative estimate of drug-likeness (QED) is 0.511. The van der Waals surface area contributed by atoms with Crippen molar-refractivity contribution in [3.8, 4) is 0 Å². The van der Waals surface area contributed by atoms with Crippen molar-refractivity contribution in [2.45, 2.75) is 5.03 Å². The van der Waals surface area contributed by atoms with E-state index in [1.54, 1.807) is 0 Å². The highest BCUT2D eigenvalue weighted by Gasteiger charge is 2.28. The van der Waals surface area contributed by atoms with Gasteiger partial charge >= 0.3 is 0 Å². The second kappa shape index (κ2) is 4.93. The Bertz CT molecular complexity index is 492. The zero-order valence-electron chi connectivity index (χ0n) is 8.66. The van der Waals surface area contributed by atoms with Gasteiger partial charge in [-0.3, -0.25) is 9.59 Å². The van der Waals surface area contributed by atoms with E-state index in [-0.39, 0.29) is 5.03 Å². The van der Waals surface area contributed by atoms with Gasteiger partial charge in [0.15, 0.2) is 5.03 Å². The lowest BCUT2D eigenvalue weighted by Crippen LogP contribution is -2.43. The molecule has 0 atom stereocenters. The molecule has 1 rings (SSSR count). The Morgan fingerprint density at radius 2 is 1.82 bits per heavy atom. The smallest absolute Gasteiger partial charge is 0.261 e. The predicted molar refractivity (Wildman–Crippen MR) is 55.7 cm³/mol. The molecule has 1 aromatic rings. The summed E-state index contributed by atoms with van der Waals surface area (Å²) in [6.45, 7) is -1.27. The van der Waals surface area contributed by atoms with Crippen molar-refractivity contribution >= 4 is 21.8 Å². The number of nitrogens with two attached hydrogens (primary N) is 2. The summed E-state index contributed by atoms with van der Waals surface area (Å²) in [6.07, 6.45) is 2.20. The molecular weight excluding hydrogens is 250 g/mol. The van der Waals surface area contributed by atoms with E-state index in [2.05, 4.69) is 9.97 Å². The number of nitrogens with one attached hydrogen (secondary N) is 1. The van der Waals surface area contributed by atoms with Gasteiger partial charge in [0.1, 0.15) is 0 Å². The predicted octanol–water partition coefficient (Wildman–Crippen LogP) is -2.63. The van der Waals surface area contributed by atoms with Crippen LogP contribution >= 0.6 is 0 Å². The van der Waals surface area contributed by atoms with Gasteiger partial charge in [0, 0.05) is 0 Å². The van der Waals surface area contributed by atoms with E-state index in [0.29, 0.717) is 4.31 Å².